The first kappa shape index (κ1) is 27.4. The molecule has 0 spiro atoms. The lowest BCUT2D eigenvalue weighted by Gasteiger charge is -2.33. The number of aldehydes is 1. The number of alkyl halides is 6. The first-order valence-corrected chi connectivity index (χ1v) is 12.3. The number of hydrogen-bond donors (Lipinski definition) is 1. The summed E-state index contributed by atoms with van der Waals surface area (Å²) in [5.41, 5.74) is -1.63. The van der Waals surface area contributed by atoms with Crippen LogP contribution >= 0.6 is 0 Å². The van der Waals surface area contributed by atoms with E-state index in [4.69, 9.17) is 4.74 Å². The molecule has 0 amide bonds. The molecule has 4 nitrogen and oxygen atoms in total. The highest BCUT2D eigenvalue weighted by molar-refractivity contribution is 5.57. The van der Waals surface area contributed by atoms with Crippen LogP contribution in [0.3, 0.4) is 0 Å². The summed E-state index contributed by atoms with van der Waals surface area (Å²) >= 11 is 0. The molecule has 2 atom stereocenters. The maximum absolute atomic E-state index is 13.4. The van der Waals surface area contributed by atoms with Gasteiger partial charge in [0.05, 0.1) is 17.7 Å². The molecule has 37 heavy (non-hydrogen) atoms. The molecule has 1 heterocycles. The van der Waals surface area contributed by atoms with E-state index < -0.39 is 35.0 Å². The van der Waals surface area contributed by atoms with E-state index in [1.807, 2.05) is 18.2 Å². The van der Waals surface area contributed by atoms with E-state index in [0.717, 1.165) is 24.7 Å². The number of rotatable bonds is 9. The maximum atomic E-state index is 13.4. The molecule has 1 saturated heterocycles. The van der Waals surface area contributed by atoms with E-state index in [1.54, 1.807) is 11.0 Å². The number of hydrogen-bond acceptors (Lipinski definition) is 4. The average Bonchev–Trinajstić information content (AvgIpc) is 3.67. The zero-order valence-corrected chi connectivity index (χ0v) is 20.1. The van der Waals surface area contributed by atoms with Gasteiger partial charge in [-0.2, -0.15) is 26.3 Å². The molecular formula is C27H29F6NO3. The molecule has 2 aromatic rings. The van der Waals surface area contributed by atoms with Gasteiger partial charge in [0.2, 0.25) is 0 Å². The Morgan fingerprint density at radius 3 is 2.24 bits per heavy atom. The number of aliphatic hydroxyl groups is 1. The third-order valence-electron chi connectivity index (χ3n) is 7.19. The summed E-state index contributed by atoms with van der Waals surface area (Å²) in [6, 6.07) is 8.98. The fraction of sp³-hybridized carbons (Fsp3) is 0.519. The summed E-state index contributed by atoms with van der Waals surface area (Å²) in [7, 11) is 0. The highest BCUT2D eigenvalue weighted by Gasteiger charge is 2.39. The van der Waals surface area contributed by atoms with Crippen LogP contribution in [0.1, 0.15) is 53.9 Å². The van der Waals surface area contributed by atoms with E-state index in [-0.39, 0.29) is 25.2 Å². The quantitative estimate of drug-likeness (QED) is 0.317. The van der Waals surface area contributed by atoms with Crippen LogP contribution in [0.25, 0.3) is 0 Å². The number of aliphatic hydroxyl groups excluding tert-OH is 1. The first-order valence-electron chi connectivity index (χ1n) is 12.3. The van der Waals surface area contributed by atoms with Crippen molar-refractivity contribution in [1.82, 2.24) is 4.90 Å². The van der Waals surface area contributed by atoms with Crippen molar-refractivity contribution in [1.29, 1.82) is 0 Å². The normalized spacial score (nSPS) is 19.4. The van der Waals surface area contributed by atoms with Crippen molar-refractivity contribution >= 4 is 6.29 Å². The minimum Gasteiger partial charge on any atom is -0.490 e. The average molecular weight is 530 g/mol. The predicted octanol–water partition coefficient (Wildman–Crippen LogP) is 6.07. The lowest BCUT2D eigenvalue weighted by atomic mass is 9.83. The summed E-state index contributed by atoms with van der Waals surface area (Å²) in [6.45, 7) is 0.287. The second kappa shape index (κ2) is 11.0. The molecule has 1 saturated carbocycles. The molecule has 0 radical (unpaired) electrons. The fourth-order valence-electron chi connectivity index (χ4n) is 5.16. The number of ether oxygens (including phenoxy) is 1. The molecule has 0 aromatic heterocycles. The molecular weight excluding hydrogens is 500 g/mol. The molecule has 2 aliphatic rings. The minimum absolute atomic E-state index is 0.0804. The Morgan fingerprint density at radius 2 is 1.68 bits per heavy atom. The molecule has 10 heteroatoms. The number of nitrogens with zero attached hydrogens (tertiary/aromatic N) is 1. The Kier molecular flexibility index (Phi) is 8.18. The minimum atomic E-state index is -4.75. The van der Waals surface area contributed by atoms with E-state index in [9.17, 15) is 36.2 Å². The number of piperidine rings is 1. The van der Waals surface area contributed by atoms with Gasteiger partial charge < -0.3 is 14.6 Å². The van der Waals surface area contributed by atoms with Crippen molar-refractivity contribution in [3.05, 3.63) is 64.7 Å². The van der Waals surface area contributed by atoms with Crippen LogP contribution in [0.2, 0.25) is 0 Å². The van der Waals surface area contributed by atoms with Crippen molar-refractivity contribution in [2.24, 2.45) is 11.8 Å². The van der Waals surface area contributed by atoms with Crippen LogP contribution in [0.4, 0.5) is 26.3 Å². The fourth-order valence-corrected chi connectivity index (χ4v) is 5.16. The molecule has 202 valence electrons. The highest BCUT2D eigenvalue weighted by Crippen LogP contribution is 2.46. The molecule has 1 N–H and O–H groups in total. The SMILES string of the molecule is O=CC(CO)C(c1cccc(OC2CCN(Cc3cc(C(F)(F)F)ccc3C(F)(F)F)CC2)c1)C1CC1. The molecule has 4 rings (SSSR count). The Balaban J connectivity index is 1.40. The number of carbonyl (C=O) groups excluding carboxylic acids is 1. The summed E-state index contributed by atoms with van der Waals surface area (Å²) < 4.78 is 85.7. The zero-order valence-electron chi connectivity index (χ0n) is 20.1. The Morgan fingerprint density at radius 1 is 0.973 bits per heavy atom. The van der Waals surface area contributed by atoms with Gasteiger partial charge in [-0.15, -0.1) is 0 Å². The van der Waals surface area contributed by atoms with Crippen molar-refractivity contribution in [3.8, 4) is 5.75 Å². The van der Waals surface area contributed by atoms with Gasteiger partial charge >= 0.3 is 12.4 Å². The van der Waals surface area contributed by atoms with Crippen LogP contribution < -0.4 is 4.74 Å². The van der Waals surface area contributed by atoms with Crippen LogP contribution in [0.5, 0.6) is 5.75 Å². The van der Waals surface area contributed by atoms with Gasteiger partial charge in [0.25, 0.3) is 0 Å². The largest absolute Gasteiger partial charge is 0.490 e. The first-order chi connectivity index (χ1) is 17.5. The Hall–Kier alpha value is -2.59. The van der Waals surface area contributed by atoms with Gasteiger partial charge in [0.1, 0.15) is 18.1 Å². The molecule has 2 unspecified atom stereocenters. The third-order valence-corrected chi connectivity index (χ3v) is 7.19. The number of carbonyl (C=O) groups is 1. The molecule has 1 aliphatic heterocycles. The maximum Gasteiger partial charge on any atom is 0.416 e. The smallest absolute Gasteiger partial charge is 0.416 e. The van der Waals surface area contributed by atoms with Crippen LogP contribution in [-0.4, -0.2) is 42.1 Å². The van der Waals surface area contributed by atoms with Gasteiger partial charge in [0, 0.05) is 25.6 Å². The van der Waals surface area contributed by atoms with E-state index >= 15 is 0 Å². The van der Waals surface area contributed by atoms with Crippen LogP contribution in [0, 0.1) is 11.8 Å². The standard InChI is InChI=1S/C27H29F6NO3/c28-26(29,30)21-6-7-24(27(31,32)33)19(12-21)14-34-10-8-22(9-11-34)37-23-3-1-2-18(13-23)25(17-4-5-17)20(15-35)16-36/h1-3,6-7,12-13,15,17,20,22,25,36H,4-5,8-11,14,16H2. The van der Waals surface area contributed by atoms with Crippen molar-refractivity contribution in [3.63, 3.8) is 0 Å². The summed E-state index contributed by atoms with van der Waals surface area (Å²) in [4.78, 5) is 13.2. The van der Waals surface area contributed by atoms with Crippen molar-refractivity contribution in [2.45, 2.75) is 56.6 Å². The van der Waals surface area contributed by atoms with Gasteiger partial charge in [-0.1, -0.05) is 12.1 Å². The number of halogens is 6. The van der Waals surface area contributed by atoms with Crippen molar-refractivity contribution in [2.75, 3.05) is 19.7 Å². The summed E-state index contributed by atoms with van der Waals surface area (Å²) in [5, 5.41) is 9.63. The highest BCUT2D eigenvalue weighted by atomic mass is 19.4. The number of likely N-dealkylation sites (tertiary alicyclic amines) is 1. The van der Waals surface area contributed by atoms with E-state index in [0.29, 0.717) is 55.8 Å². The Bertz CT molecular complexity index is 1070. The molecule has 1 aliphatic carbocycles. The number of benzene rings is 2. The zero-order chi connectivity index (χ0) is 26.8. The van der Waals surface area contributed by atoms with Gasteiger partial charge in [-0.3, -0.25) is 4.90 Å². The Labute approximate surface area is 211 Å². The van der Waals surface area contributed by atoms with Crippen LogP contribution in [-0.2, 0) is 23.7 Å². The van der Waals surface area contributed by atoms with E-state index in [1.165, 1.54) is 0 Å². The summed E-state index contributed by atoms with van der Waals surface area (Å²) in [5.74, 6) is 0.395. The second-order valence-corrected chi connectivity index (χ2v) is 9.88. The van der Waals surface area contributed by atoms with Crippen molar-refractivity contribution < 1.29 is 41.0 Å². The predicted molar refractivity (Wildman–Crippen MR) is 124 cm³/mol. The third kappa shape index (κ3) is 6.84. The van der Waals surface area contributed by atoms with Gasteiger partial charge in [-0.25, -0.2) is 0 Å². The molecule has 2 fully saturated rings. The topological polar surface area (TPSA) is 49.8 Å². The summed E-state index contributed by atoms with van der Waals surface area (Å²) in [6.07, 6.45) is -5.87. The van der Waals surface area contributed by atoms with Gasteiger partial charge in [0.15, 0.2) is 0 Å². The lowest BCUT2D eigenvalue weighted by molar-refractivity contribution is -0.142. The van der Waals surface area contributed by atoms with Gasteiger partial charge in [-0.05, 0) is 79.0 Å². The monoisotopic (exact) mass is 529 g/mol. The second-order valence-electron chi connectivity index (χ2n) is 9.88. The molecule has 0 bridgehead atoms. The lowest BCUT2D eigenvalue weighted by Crippen LogP contribution is -2.38. The van der Waals surface area contributed by atoms with Crippen LogP contribution in [0.15, 0.2) is 42.5 Å². The molecule has 2 aromatic carbocycles. The van der Waals surface area contributed by atoms with E-state index in [2.05, 4.69) is 0 Å².